The Hall–Kier alpha value is 0.0538. The second-order valence-corrected chi connectivity index (χ2v) is 5.60. The van der Waals surface area contributed by atoms with Crippen molar-refractivity contribution in [2.45, 2.75) is 6.04 Å². The molecule has 0 atom stereocenters. The van der Waals surface area contributed by atoms with Gasteiger partial charge in [0.2, 0.25) is 0 Å². The van der Waals surface area contributed by atoms with E-state index >= 15 is 0 Å². The molecule has 4 N–H and O–H groups in total. The van der Waals surface area contributed by atoms with E-state index in [1.54, 1.807) is 6.08 Å². The maximum atomic E-state index is 5.48. The molecule has 0 saturated heterocycles. The molecular weight excluding hydrogens is 136 g/mol. The lowest BCUT2D eigenvalue weighted by atomic mass is 10.8. The monoisotopic (exact) mass is 148 g/mol. The SMILES string of the molecule is C=CC[Si](N)(N)O[SiH3]. The van der Waals surface area contributed by atoms with Gasteiger partial charge in [0.05, 0.1) is 0 Å². The average molecular weight is 148 g/mol. The van der Waals surface area contributed by atoms with E-state index in [1.807, 2.05) is 0 Å². The number of allylic oxidation sites excluding steroid dienone is 1. The molecule has 0 aromatic rings. The smallest absolute Gasteiger partial charge is 0.339 e. The van der Waals surface area contributed by atoms with Crippen LogP contribution in [0.3, 0.4) is 0 Å². The summed E-state index contributed by atoms with van der Waals surface area (Å²) < 4.78 is 4.94. The van der Waals surface area contributed by atoms with Gasteiger partial charge in [0, 0.05) is 6.04 Å². The first-order valence-electron chi connectivity index (χ1n) is 2.36. The zero-order valence-corrected chi connectivity index (χ0v) is 8.05. The van der Waals surface area contributed by atoms with E-state index in [4.69, 9.17) is 14.9 Å². The highest BCUT2D eigenvalue weighted by molar-refractivity contribution is 6.70. The Labute approximate surface area is 53.5 Å². The molecule has 48 valence electrons. The molecule has 5 heteroatoms. The normalized spacial score (nSPS) is 11.8. The summed E-state index contributed by atoms with van der Waals surface area (Å²) >= 11 is 0. The van der Waals surface area contributed by atoms with Crippen molar-refractivity contribution >= 4 is 19.1 Å². The Bertz CT molecular complexity index is 85.4. The average Bonchev–Trinajstić information content (AvgIpc) is 1.67. The second kappa shape index (κ2) is 3.15. The number of hydrogen-bond donors (Lipinski definition) is 2. The Kier molecular flexibility index (Phi) is 3.17. The molecule has 0 fully saturated rings. The van der Waals surface area contributed by atoms with Crippen LogP contribution in [0.25, 0.3) is 0 Å². The molecule has 0 aliphatic heterocycles. The molecule has 0 heterocycles. The van der Waals surface area contributed by atoms with Crippen LogP contribution in [-0.4, -0.2) is 19.1 Å². The minimum atomic E-state index is -2.23. The van der Waals surface area contributed by atoms with Crippen LogP contribution in [0.2, 0.25) is 6.04 Å². The van der Waals surface area contributed by atoms with Gasteiger partial charge in [-0.1, -0.05) is 6.08 Å². The van der Waals surface area contributed by atoms with Gasteiger partial charge in [0.25, 0.3) is 0 Å². The largest absolute Gasteiger partial charge is 0.442 e. The van der Waals surface area contributed by atoms with E-state index in [0.717, 1.165) is 0 Å². The van der Waals surface area contributed by atoms with Crippen LogP contribution in [0.5, 0.6) is 0 Å². The maximum absolute atomic E-state index is 5.48. The summed E-state index contributed by atoms with van der Waals surface area (Å²) in [6.07, 6.45) is 1.70. The predicted molar refractivity (Wildman–Crippen MR) is 40.2 cm³/mol. The van der Waals surface area contributed by atoms with Gasteiger partial charge in [0.1, 0.15) is 10.5 Å². The molecule has 0 saturated carbocycles. The third-order valence-corrected chi connectivity index (χ3v) is 4.81. The van der Waals surface area contributed by atoms with Gasteiger partial charge in [-0.3, -0.25) is 0 Å². The van der Waals surface area contributed by atoms with Crippen molar-refractivity contribution < 1.29 is 4.12 Å². The molecule has 0 bridgehead atoms. The van der Waals surface area contributed by atoms with Crippen LogP contribution >= 0.6 is 0 Å². The molecular formula is C3H12N2OSi2. The first-order valence-corrected chi connectivity index (χ1v) is 5.45. The van der Waals surface area contributed by atoms with E-state index in [-0.39, 0.29) is 0 Å². The highest BCUT2D eigenvalue weighted by Gasteiger charge is 2.19. The number of rotatable bonds is 3. The Morgan fingerprint density at radius 2 is 2.25 bits per heavy atom. The minimum absolute atomic E-state index is 0.626. The topological polar surface area (TPSA) is 61.3 Å². The third-order valence-electron chi connectivity index (χ3n) is 0.843. The quantitative estimate of drug-likeness (QED) is 0.371. The lowest BCUT2D eigenvalue weighted by molar-refractivity contribution is 0.596. The van der Waals surface area contributed by atoms with Crippen LogP contribution in [-0.2, 0) is 4.12 Å². The lowest BCUT2D eigenvalue weighted by Gasteiger charge is -2.15. The van der Waals surface area contributed by atoms with Crippen LogP contribution in [0.4, 0.5) is 0 Å². The van der Waals surface area contributed by atoms with Gasteiger partial charge < -0.3 is 14.9 Å². The van der Waals surface area contributed by atoms with E-state index in [2.05, 4.69) is 6.58 Å². The minimum Gasteiger partial charge on any atom is -0.442 e. The van der Waals surface area contributed by atoms with Gasteiger partial charge >= 0.3 is 8.64 Å². The van der Waals surface area contributed by atoms with Crippen molar-refractivity contribution in [3.8, 4) is 0 Å². The van der Waals surface area contributed by atoms with E-state index in [0.29, 0.717) is 16.5 Å². The van der Waals surface area contributed by atoms with Crippen molar-refractivity contribution in [3.63, 3.8) is 0 Å². The van der Waals surface area contributed by atoms with Crippen molar-refractivity contribution in [2.24, 2.45) is 10.8 Å². The summed E-state index contributed by atoms with van der Waals surface area (Å²) in [5, 5.41) is 11.0. The Balaban J connectivity index is 3.53. The molecule has 0 aliphatic rings. The van der Waals surface area contributed by atoms with Crippen LogP contribution in [0.1, 0.15) is 0 Å². The highest BCUT2D eigenvalue weighted by Crippen LogP contribution is 1.92. The van der Waals surface area contributed by atoms with Crippen molar-refractivity contribution in [3.05, 3.63) is 12.7 Å². The van der Waals surface area contributed by atoms with Gasteiger partial charge in [-0.25, -0.2) is 0 Å². The molecule has 3 nitrogen and oxygen atoms in total. The zero-order valence-electron chi connectivity index (χ0n) is 5.05. The number of nitrogens with two attached hydrogens (primary N) is 2. The second-order valence-electron chi connectivity index (χ2n) is 1.65. The molecule has 0 aromatic heterocycles. The van der Waals surface area contributed by atoms with Crippen LogP contribution < -0.4 is 10.8 Å². The van der Waals surface area contributed by atoms with Crippen molar-refractivity contribution in [1.82, 2.24) is 0 Å². The summed E-state index contributed by atoms with van der Waals surface area (Å²) in [5.74, 6) is 0. The van der Waals surface area contributed by atoms with E-state index in [1.165, 1.54) is 0 Å². The number of hydrogen-bond acceptors (Lipinski definition) is 3. The molecule has 0 radical (unpaired) electrons. The lowest BCUT2D eigenvalue weighted by Crippen LogP contribution is -2.57. The van der Waals surface area contributed by atoms with Gasteiger partial charge in [-0.15, -0.1) is 6.58 Å². The molecule has 8 heavy (non-hydrogen) atoms. The molecule has 0 aliphatic carbocycles. The Morgan fingerprint density at radius 1 is 1.75 bits per heavy atom. The molecule has 0 amide bonds. The van der Waals surface area contributed by atoms with Gasteiger partial charge in [0.15, 0.2) is 0 Å². The molecule has 0 unspecified atom stereocenters. The van der Waals surface area contributed by atoms with E-state index < -0.39 is 8.64 Å². The summed E-state index contributed by atoms with van der Waals surface area (Å²) in [6, 6.07) is 0.635. The Morgan fingerprint density at radius 3 is 2.38 bits per heavy atom. The fourth-order valence-corrected chi connectivity index (χ4v) is 1.43. The first kappa shape index (κ1) is 8.05. The summed E-state index contributed by atoms with van der Waals surface area (Å²) in [5.41, 5.74) is 0. The standard InChI is InChI=1S/C3H12N2OSi2/c1-2-3-8(4,5)6-7/h2H,1,3-5H2,7H3. The third kappa shape index (κ3) is 3.11. The van der Waals surface area contributed by atoms with Gasteiger partial charge in [-0.2, -0.15) is 0 Å². The fourth-order valence-electron chi connectivity index (χ4n) is 0.309. The summed E-state index contributed by atoms with van der Waals surface area (Å²) in [6.45, 7) is 3.50. The molecule has 0 spiro atoms. The van der Waals surface area contributed by atoms with Crippen LogP contribution in [0, 0.1) is 0 Å². The summed E-state index contributed by atoms with van der Waals surface area (Å²) in [4.78, 5) is 0. The van der Waals surface area contributed by atoms with E-state index in [9.17, 15) is 0 Å². The fraction of sp³-hybridized carbons (Fsp3) is 0.333. The summed E-state index contributed by atoms with van der Waals surface area (Å²) in [7, 11) is -1.61. The van der Waals surface area contributed by atoms with Crippen molar-refractivity contribution in [2.75, 3.05) is 0 Å². The van der Waals surface area contributed by atoms with Crippen LogP contribution in [0.15, 0.2) is 12.7 Å². The van der Waals surface area contributed by atoms with Crippen molar-refractivity contribution in [1.29, 1.82) is 0 Å². The molecule has 0 rings (SSSR count). The first-order chi connectivity index (χ1) is 3.62. The molecule has 0 aromatic carbocycles. The zero-order chi connectivity index (χ0) is 6.62. The highest BCUT2D eigenvalue weighted by atomic mass is 28.4. The predicted octanol–water partition coefficient (Wildman–Crippen LogP) is -1.67. The van der Waals surface area contributed by atoms with Gasteiger partial charge in [-0.05, 0) is 0 Å². The maximum Gasteiger partial charge on any atom is 0.339 e.